The summed E-state index contributed by atoms with van der Waals surface area (Å²) in [5.74, 6) is 6.04. The van der Waals surface area contributed by atoms with Crippen molar-refractivity contribution in [2.45, 2.75) is 10.4 Å². The Labute approximate surface area is 128 Å². The monoisotopic (exact) mass is 352 g/mol. The maximum absolute atomic E-state index is 12.7. The molecule has 0 aromatic carbocycles. The minimum absolute atomic E-state index is 0.116. The number of rotatable bonds is 4. The number of nitrogens with one attached hydrogen (secondary N) is 1. The lowest BCUT2D eigenvalue weighted by atomic mass is 10.4. The number of pyridine rings is 1. The molecule has 0 saturated carbocycles. The molecule has 0 radical (unpaired) electrons. The predicted molar refractivity (Wildman–Crippen MR) is 81.9 cm³/mol. The fourth-order valence-corrected chi connectivity index (χ4v) is 7.23. The Morgan fingerprint density at radius 1 is 1.43 bits per heavy atom. The molecule has 1 fully saturated rings. The van der Waals surface area contributed by atoms with Crippen molar-refractivity contribution in [3.63, 3.8) is 0 Å². The molecule has 2 heterocycles. The van der Waals surface area contributed by atoms with Crippen molar-refractivity contribution >= 4 is 37.3 Å². The molecule has 1 atom stereocenters. The first-order valence-electron chi connectivity index (χ1n) is 5.98. The van der Waals surface area contributed by atoms with Crippen molar-refractivity contribution in [3.05, 3.63) is 18.3 Å². The lowest BCUT2D eigenvalue weighted by Crippen LogP contribution is -2.50. The van der Waals surface area contributed by atoms with Gasteiger partial charge in [0.1, 0.15) is 5.37 Å². The van der Waals surface area contributed by atoms with Gasteiger partial charge in [-0.3, -0.25) is 5.84 Å². The van der Waals surface area contributed by atoms with Crippen molar-refractivity contribution < 1.29 is 16.8 Å². The van der Waals surface area contributed by atoms with Gasteiger partial charge >= 0.3 is 0 Å². The largest absolute Gasteiger partial charge is 0.321 e. The number of anilines is 1. The lowest BCUT2D eigenvalue weighted by molar-refractivity contribution is 0.403. The number of hydrazine groups is 1. The lowest BCUT2D eigenvalue weighted by Gasteiger charge is -2.32. The van der Waals surface area contributed by atoms with Crippen LogP contribution in [0.3, 0.4) is 0 Å². The van der Waals surface area contributed by atoms with Crippen LogP contribution in [-0.2, 0) is 19.9 Å². The van der Waals surface area contributed by atoms with E-state index in [1.165, 1.54) is 30.1 Å². The number of sulfonamides is 1. The molecular weight excluding hydrogens is 336 g/mol. The van der Waals surface area contributed by atoms with E-state index in [0.29, 0.717) is 5.75 Å². The van der Waals surface area contributed by atoms with Crippen molar-refractivity contribution in [2.24, 2.45) is 5.84 Å². The fraction of sp³-hybridized carbons (Fsp3) is 0.500. The normalized spacial score (nSPS) is 21.1. The van der Waals surface area contributed by atoms with E-state index in [2.05, 4.69) is 10.4 Å². The van der Waals surface area contributed by atoms with E-state index < -0.39 is 25.2 Å². The number of nitrogen functional groups attached to an aromatic ring is 1. The summed E-state index contributed by atoms with van der Waals surface area (Å²) in [6, 6.07) is 3.00. The van der Waals surface area contributed by atoms with E-state index in [0.717, 1.165) is 10.6 Å². The Morgan fingerprint density at radius 2 is 2.14 bits per heavy atom. The van der Waals surface area contributed by atoms with Crippen molar-refractivity contribution in [3.8, 4) is 0 Å². The van der Waals surface area contributed by atoms with Gasteiger partial charge < -0.3 is 5.43 Å². The SMILES string of the molecule is CS(=O)(=O)C1CSCCN1S(=O)(=O)c1ncccc1NN. The summed E-state index contributed by atoms with van der Waals surface area (Å²) in [5.41, 5.74) is 2.40. The molecule has 2 rings (SSSR count). The molecular formula is C10H16N4O4S3. The Morgan fingerprint density at radius 3 is 2.76 bits per heavy atom. The minimum Gasteiger partial charge on any atom is -0.321 e. The van der Waals surface area contributed by atoms with Crippen molar-refractivity contribution in [2.75, 3.05) is 29.7 Å². The van der Waals surface area contributed by atoms with Gasteiger partial charge in [0.25, 0.3) is 10.0 Å². The highest BCUT2D eigenvalue weighted by Gasteiger charge is 2.40. The Bertz CT molecular complexity index is 720. The summed E-state index contributed by atoms with van der Waals surface area (Å²) < 4.78 is 50.1. The van der Waals surface area contributed by atoms with Gasteiger partial charge in [0, 0.05) is 30.5 Å². The van der Waals surface area contributed by atoms with E-state index in [1.54, 1.807) is 0 Å². The number of thioether (sulfide) groups is 1. The van der Waals surface area contributed by atoms with E-state index in [-0.39, 0.29) is 23.0 Å². The van der Waals surface area contributed by atoms with E-state index in [4.69, 9.17) is 5.84 Å². The van der Waals surface area contributed by atoms with Crippen LogP contribution in [-0.4, -0.2) is 55.8 Å². The Kier molecular flexibility index (Phi) is 4.78. The summed E-state index contributed by atoms with van der Waals surface area (Å²) in [6.45, 7) is 0.116. The number of hydrogen-bond acceptors (Lipinski definition) is 8. The summed E-state index contributed by atoms with van der Waals surface area (Å²) in [4.78, 5) is 3.84. The molecule has 1 saturated heterocycles. The number of nitrogens with zero attached hydrogens (tertiary/aromatic N) is 2. The molecule has 8 nitrogen and oxygen atoms in total. The Balaban J connectivity index is 2.51. The quantitative estimate of drug-likeness (QED) is 0.548. The second kappa shape index (κ2) is 6.08. The molecule has 11 heteroatoms. The highest BCUT2D eigenvalue weighted by atomic mass is 32.2. The number of nitrogens with two attached hydrogens (primary N) is 1. The van der Waals surface area contributed by atoms with Gasteiger partial charge in [-0.15, -0.1) is 0 Å². The van der Waals surface area contributed by atoms with Gasteiger partial charge in [-0.1, -0.05) is 0 Å². The van der Waals surface area contributed by atoms with Crippen LogP contribution in [0.2, 0.25) is 0 Å². The van der Waals surface area contributed by atoms with Gasteiger partial charge in [0.05, 0.1) is 5.69 Å². The summed E-state index contributed by atoms with van der Waals surface area (Å²) in [6.07, 6.45) is 2.36. The van der Waals surface area contributed by atoms with Crippen LogP contribution in [0.15, 0.2) is 23.4 Å². The molecule has 1 aliphatic rings. The maximum atomic E-state index is 12.7. The van der Waals surface area contributed by atoms with Crippen LogP contribution < -0.4 is 11.3 Å². The molecule has 0 spiro atoms. The third-order valence-corrected chi connectivity index (χ3v) is 7.66. The second-order valence-corrected chi connectivity index (χ2v) is 9.63. The molecule has 118 valence electrons. The third kappa shape index (κ3) is 3.31. The first-order chi connectivity index (χ1) is 9.78. The topological polar surface area (TPSA) is 122 Å². The molecule has 1 aliphatic heterocycles. The summed E-state index contributed by atoms with van der Waals surface area (Å²) in [5, 5.41) is -1.36. The molecule has 21 heavy (non-hydrogen) atoms. The molecule has 3 N–H and O–H groups in total. The van der Waals surface area contributed by atoms with Crippen molar-refractivity contribution in [1.29, 1.82) is 0 Å². The van der Waals surface area contributed by atoms with Crippen LogP contribution in [0.5, 0.6) is 0 Å². The molecule has 1 unspecified atom stereocenters. The predicted octanol–water partition coefficient (Wildman–Crippen LogP) is -0.525. The molecule has 0 amide bonds. The molecule has 1 aromatic heterocycles. The van der Waals surface area contributed by atoms with Crippen LogP contribution in [0.25, 0.3) is 0 Å². The van der Waals surface area contributed by atoms with Gasteiger partial charge in [-0.25, -0.2) is 21.8 Å². The number of aromatic nitrogens is 1. The third-order valence-electron chi connectivity index (χ3n) is 3.01. The summed E-state index contributed by atoms with van der Waals surface area (Å²) in [7, 11) is -7.59. The van der Waals surface area contributed by atoms with Gasteiger partial charge in [0.2, 0.25) is 0 Å². The average molecular weight is 352 g/mol. The van der Waals surface area contributed by atoms with Gasteiger partial charge in [-0.2, -0.15) is 16.1 Å². The van der Waals surface area contributed by atoms with Gasteiger partial charge in [0.15, 0.2) is 14.9 Å². The zero-order valence-electron chi connectivity index (χ0n) is 11.3. The Hall–Kier alpha value is -0.880. The smallest absolute Gasteiger partial charge is 0.263 e. The minimum atomic E-state index is -4.05. The van der Waals surface area contributed by atoms with Crippen LogP contribution in [0.4, 0.5) is 5.69 Å². The number of sulfone groups is 1. The van der Waals surface area contributed by atoms with E-state index in [1.807, 2.05) is 0 Å². The van der Waals surface area contributed by atoms with Gasteiger partial charge in [-0.05, 0) is 12.1 Å². The first kappa shape index (κ1) is 16.5. The second-order valence-electron chi connectivity index (χ2n) is 4.48. The highest BCUT2D eigenvalue weighted by molar-refractivity contribution is 8.01. The average Bonchev–Trinajstić information content (AvgIpc) is 2.46. The fourth-order valence-electron chi connectivity index (χ4n) is 2.00. The zero-order chi connectivity index (χ0) is 15.7. The first-order valence-corrected chi connectivity index (χ1v) is 10.5. The standard InChI is InChI=1S/C10H16N4O4S3/c1-20(15,16)9-7-19-6-5-14(9)21(17,18)10-8(13-11)3-2-4-12-10/h2-4,9,13H,5-7,11H2,1H3. The van der Waals surface area contributed by atoms with Crippen LogP contribution in [0.1, 0.15) is 0 Å². The molecule has 0 aliphatic carbocycles. The van der Waals surface area contributed by atoms with Crippen molar-refractivity contribution in [1.82, 2.24) is 9.29 Å². The molecule has 1 aromatic rings. The van der Waals surface area contributed by atoms with E-state index >= 15 is 0 Å². The number of hydrogen-bond donors (Lipinski definition) is 2. The van der Waals surface area contributed by atoms with E-state index in [9.17, 15) is 16.8 Å². The highest BCUT2D eigenvalue weighted by Crippen LogP contribution is 2.29. The van der Waals surface area contributed by atoms with Crippen LogP contribution in [0, 0.1) is 0 Å². The molecule has 0 bridgehead atoms. The van der Waals surface area contributed by atoms with Crippen LogP contribution >= 0.6 is 11.8 Å². The maximum Gasteiger partial charge on any atom is 0.263 e. The summed E-state index contributed by atoms with van der Waals surface area (Å²) >= 11 is 1.41. The zero-order valence-corrected chi connectivity index (χ0v) is 13.7.